The maximum absolute atomic E-state index is 13.1. The number of hydrogen-bond acceptors (Lipinski definition) is 4. The number of halogens is 1. The van der Waals surface area contributed by atoms with Crippen molar-refractivity contribution >= 4 is 16.9 Å². The lowest BCUT2D eigenvalue weighted by Crippen LogP contribution is -2.27. The molecule has 0 aliphatic carbocycles. The smallest absolute Gasteiger partial charge is 0.220 e. The van der Waals surface area contributed by atoms with Gasteiger partial charge in [0.1, 0.15) is 18.0 Å². The Morgan fingerprint density at radius 3 is 3.04 bits per heavy atom. The fourth-order valence-electron chi connectivity index (χ4n) is 2.33. The number of carbonyl (C=O) groups excluding carboxylic acids is 1. The Labute approximate surface area is 132 Å². The van der Waals surface area contributed by atoms with Gasteiger partial charge < -0.3 is 10.3 Å². The van der Waals surface area contributed by atoms with Crippen molar-refractivity contribution in [1.82, 2.24) is 25.3 Å². The number of nitrogens with zero attached hydrogens (tertiary/aromatic N) is 3. The minimum atomic E-state index is -0.316. The number of nitrogens with one attached hydrogen (secondary N) is 2. The number of benzene rings is 1. The number of fused-ring (bicyclic) bond motifs is 1. The van der Waals surface area contributed by atoms with Gasteiger partial charge in [0.15, 0.2) is 0 Å². The average molecular weight is 313 g/mol. The van der Waals surface area contributed by atoms with Crippen LogP contribution >= 0.6 is 0 Å². The number of hydrogen-bond donors (Lipinski definition) is 2. The zero-order valence-electron chi connectivity index (χ0n) is 12.6. The highest BCUT2D eigenvalue weighted by Crippen LogP contribution is 2.14. The summed E-state index contributed by atoms with van der Waals surface area (Å²) in [5.74, 6) is 0.252. The van der Waals surface area contributed by atoms with E-state index in [9.17, 15) is 9.18 Å². The molecular formula is C16H16FN5O. The third-order valence-electron chi connectivity index (χ3n) is 3.51. The van der Waals surface area contributed by atoms with Crippen LogP contribution in [-0.4, -0.2) is 25.8 Å². The van der Waals surface area contributed by atoms with Gasteiger partial charge in [-0.05, 0) is 31.2 Å². The zero-order chi connectivity index (χ0) is 16.2. The quantitative estimate of drug-likeness (QED) is 0.757. The molecule has 23 heavy (non-hydrogen) atoms. The fourth-order valence-corrected chi connectivity index (χ4v) is 2.33. The summed E-state index contributed by atoms with van der Waals surface area (Å²) in [5.41, 5.74) is 2.08. The van der Waals surface area contributed by atoms with E-state index in [1.165, 1.54) is 18.5 Å². The lowest BCUT2D eigenvalue weighted by molar-refractivity contribution is -0.121. The molecule has 3 aromatic rings. The Balaban J connectivity index is 1.57. The summed E-state index contributed by atoms with van der Waals surface area (Å²) >= 11 is 0. The van der Waals surface area contributed by atoms with Crippen LogP contribution in [0, 0.1) is 5.82 Å². The molecule has 3 rings (SSSR count). The molecule has 2 aromatic heterocycles. The fraction of sp³-hybridized carbons (Fsp3) is 0.250. The summed E-state index contributed by atoms with van der Waals surface area (Å²) in [6.07, 6.45) is 3.83. The van der Waals surface area contributed by atoms with Crippen LogP contribution in [-0.2, 0) is 11.2 Å². The number of aromatic nitrogens is 4. The zero-order valence-corrected chi connectivity index (χ0v) is 12.6. The second-order valence-electron chi connectivity index (χ2n) is 5.27. The molecular weight excluding hydrogens is 297 g/mol. The molecule has 1 atom stereocenters. The van der Waals surface area contributed by atoms with E-state index in [1.807, 2.05) is 6.92 Å². The predicted octanol–water partition coefficient (Wildman–Crippen LogP) is 2.30. The van der Waals surface area contributed by atoms with Crippen molar-refractivity contribution < 1.29 is 9.18 Å². The summed E-state index contributed by atoms with van der Waals surface area (Å²) in [5, 5.41) is 2.88. The Morgan fingerprint density at radius 1 is 1.39 bits per heavy atom. The third kappa shape index (κ3) is 3.68. The maximum Gasteiger partial charge on any atom is 0.220 e. The molecule has 0 spiro atoms. The average Bonchev–Trinajstić information content (AvgIpc) is 2.95. The molecule has 118 valence electrons. The highest BCUT2D eigenvalue weighted by molar-refractivity contribution is 5.77. The molecule has 0 bridgehead atoms. The van der Waals surface area contributed by atoms with Gasteiger partial charge in [0, 0.05) is 19.0 Å². The first-order valence-corrected chi connectivity index (χ1v) is 7.31. The van der Waals surface area contributed by atoms with Gasteiger partial charge in [-0.15, -0.1) is 0 Å². The molecule has 6 nitrogen and oxygen atoms in total. The van der Waals surface area contributed by atoms with E-state index in [1.54, 1.807) is 18.3 Å². The molecule has 0 fully saturated rings. The molecule has 1 aromatic carbocycles. The summed E-state index contributed by atoms with van der Waals surface area (Å²) in [7, 11) is 0. The summed E-state index contributed by atoms with van der Waals surface area (Å²) in [6.45, 7) is 1.87. The van der Waals surface area contributed by atoms with Crippen molar-refractivity contribution in [3.8, 4) is 0 Å². The highest BCUT2D eigenvalue weighted by Gasteiger charge is 2.11. The summed E-state index contributed by atoms with van der Waals surface area (Å²) in [4.78, 5) is 27.3. The standard InChI is InChI=1S/C16H16FN5O/c1-10(12-6-7-18-9-19-12)20-16(23)5-4-15-21-13-3-2-11(17)8-14(13)22-15/h2-3,6-10H,4-5H2,1H3,(H,20,23)(H,21,22)/t10-/m0/s1. The predicted molar refractivity (Wildman–Crippen MR) is 83.0 cm³/mol. The topological polar surface area (TPSA) is 83.6 Å². The minimum absolute atomic E-state index is 0.0947. The first kappa shape index (κ1) is 15.1. The Morgan fingerprint density at radius 2 is 2.26 bits per heavy atom. The van der Waals surface area contributed by atoms with E-state index in [0.29, 0.717) is 23.3 Å². The van der Waals surface area contributed by atoms with Gasteiger partial charge >= 0.3 is 0 Å². The van der Waals surface area contributed by atoms with Crippen molar-refractivity contribution in [2.45, 2.75) is 25.8 Å². The summed E-state index contributed by atoms with van der Waals surface area (Å²) < 4.78 is 13.1. The van der Waals surface area contributed by atoms with Crippen LogP contribution in [0.3, 0.4) is 0 Å². The van der Waals surface area contributed by atoms with Gasteiger partial charge in [-0.1, -0.05) is 0 Å². The Hall–Kier alpha value is -2.83. The van der Waals surface area contributed by atoms with Gasteiger partial charge in [0.05, 0.1) is 22.8 Å². The van der Waals surface area contributed by atoms with Crippen LogP contribution < -0.4 is 5.32 Å². The molecule has 7 heteroatoms. The van der Waals surface area contributed by atoms with E-state index in [0.717, 1.165) is 5.69 Å². The van der Waals surface area contributed by atoms with Crippen molar-refractivity contribution in [1.29, 1.82) is 0 Å². The number of rotatable bonds is 5. The SMILES string of the molecule is C[C@H](NC(=O)CCc1nc2ccc(F)cc2[nH]1)c1ccncn1. The number of aromatic amines is 1. The second kappa shape index (κ2) is 6.51. The molecule has 0 saturated heterocycles. The molecule has 0 unspecified atom stereocenters. The van der Waals surface area contributed by atoms with E-state index < -0.39 is 0 Å². The molecule has 0 radical (unpaired) electrons. The molecule has 0 aliphatic heterocycles. The third-order valence-corrected chi connectivity index (χ3v) is 3.51. The highest BCUT2D eigenvalue weighted by atomic mass is 19.1. The van der Waals surface area contributed by atoms with Crippen LogP contribution in [0.25, 0.3) is 11.0 Å². The van der Waals surface area contributed by atoms with Gasteiger partial charge in [0.25, 0.3) is 0 Å². The first-order valence-electron chi connectivity index (χ1n) is 7.31. The van der Waals surface area contributed by atoms with Crippen molar-refractivity contribution in [2.75, 3.05) is 0 Å². The van der Waals surface area contributed by atoms with E-state index in [2.05, 4.69) is 25.3 Å². The lowest BCUT2D eigenvalue weighted by atomic mass is 10.2. The van der Waals surface area contributed by atoms with Crippen LogP contribution in [0.4, 0.5) is 4.39 Å². The normalized spacial score (nSPS) is 12.3. The van der Waals surface area contributed by atoms with Crippen molar-refractivity contribution in [3.05, 3.63) is 54.1 Å². The molecule has 1 amide bonds. The molecule has 0 aliphatic rings. The van der Waals surface area contributed by atoms with Gasteiger partial charge in [-0.2, -0.15) is 0 Å². The second-order valence-corrected chi connectivity index (χ2v) is 5.27. The first-order chi connectivity index (χ1) is 11.1. The van der Waals surface area contributed by atoms with Crippen LogP contribution in [0.1, 0.15) is 30.9 Å². The maximum atomic E-state index is 13.1. The lowest BCUT2D eigenvalue weighted by Gasteiger charge is -2.12. The molecule has 0 saturated carbocycles. The van der Waals surface area contributed by atoms with Crippen molar-refractivity contribution in [3.63, 3.8) is 0 Å². The van der Waals surface area contributed by atoms with E-state index >= 15 is 0 Å². The van der Waals surface area contributed by atoms with Gasteiger partial charge in [-0.25, -0.2) is 19.3 Å². The van der Waals surface area contributed by atoms with Gasteiger partial charge in [-0.3, -0.25) is 4.79 Å². The van der Waals surface area contributed by atoms with Gasteiger partial charge in [0.2, 0.25) is 5.91 Å². The van der Waals surface area contributed by atoms with Crippen molar-refractivity contribution in [2.24, 2.45) is 0 Å². The van der Waals surface area contributed by atoms with E-state index in [-0.39, 0.29) is 24.2 Å². The summed E-state index contributed by atoms with van der Waals surface area (Å²) in [6, 6.07) is 5.95. The largest absolute Gasteiger partial charge is 0.348 e. The number of imidazole rings is 1. The molecule has 2 heterocycles. The Bertz CT molecular complexity index is 818. The Kier molecular flexibility index (Phi) is 4.27. The monoisotopic (exact) mass is 313 g/mol. The van der Waals surface area contributed by atoms with Crippen LogP contribution in [0.15, 0.2) is 36.8 Å². The number of aryl methyl sites for hydroxylation is 1. The number of amides is 1. The number of H-pyrrole nitrogens is 1. The van der Waals surface area contributed by atoms with Crippen LogP contribution in [0.2, 0.25) is 0 Å². The molecule has 2 N–H and O–H groups in total. The minimum Gasteiger partial charge on any atom is -0.348 e. The number of carbonyl (C=O) groups is 1. The van der Waals surface area contributed by atoms with E-state index in [4.69, 9.17) is 0 Å². The van der Waals surface area contributed by atoms with Crippen LogP contribution in [0.5, 0.6) is 0 Å².